The van der Waals surface area contributed by atoms with E-state index in [1.807, 2.05) is 44.4 Å². The molecule has 0 aliphatic rings. The molecule has 1 aromatic rings. The number of hydrogen-bond donors (Lipinski definition) is 2. The lowest BCUT2D eigenvalue weighted by atomic mass is 10.1. The number of hydrogen-bond acceptors (Lipinski definition) is 3. The van der Waals surface area contributed by atoms with Crippen LogP contribution in [0.5, 0.6) is 0 Å². The van der Waals surface area contributed by atoms with Crippen LogP contribution in [0.25, 0.3) is 0 Å². The Hall–Kier alpha value is -0.900. The van der Waals surface area contributed by atoms with Crippen LogP contribution in [0.4, 0.5) is 0 Å². The van der Waals surface area contributed by atoms with Crippen molar-refractivity contribution in [3.05, 3.63) is 35.9 Å². The predicted octanol–water partition coefficient (Wildman–Crippen LogP) is 0.566. The van der Waals surface area contributed by atoms with Gasteiger partial charge in [0.1, 0.15) is 6.10 Å². The topological polar surface area (TPSA) is 49.5 Å². The zero-order chi connectivity index (χ0) is 9.84. The Morgan fingerprint density at radius 3 is 2.23 bits per heavy atom. The van der Waals surface area contributed by atoms with Gasteiger partial charge in [0, 0.05) is 0 Å². The Bertz CT molecular complexity index is 248. The third kappa shape index (κ3) is 2.52. The van der Waals surface area contributed by atoms with Gasteiger partial charge in [-0.05, 0) is 19.7 Å². The van der Waals surface area contributed by atoms with E-state index in [0.717, 1.165) is 5.56 Å². The second-order valence-corrected chi connectivity index (χ2v) is 3.31. The molecule has 3 nitrogen and oxygen atoms in total. The summed E-state index contributed by atoms with van der Waals surface area (Å²) in [6.45, 7) is 0. The molecule has 13 heavy (non-hydrogen) atoms. The summed E-state index contributed by atoms with van der Waals surface area (Å²) < 4.78 is 0. The summed E-state index contributed by atoms with van der Waals surface area (Å²) in [7, 11) is 3.69. The molecule has 0 saturated heterocycles. The van der Waals surface area contributed by atoms with Crippen molar-refractivity contribution in [2.24, 2.45) is 5.73 Å². The molecule has 0 aliphatic heterocycles. The monoisotopic (exact) mass is 180 g/mol. The smallest absolute Gasteiger partial charge is 0.107 e. The van der Waals surface area contributed by atoms with Crippen LogP contribution in [0.3, 0.4) is 0 Å². The van der Waals surface area contributed by atoms with Gasteiger partial charge in [-0.25, -0.2) is 0 Å². The highest BCUT2D eigenvalue weighted by Crippen LogP contribution is 2.15. The largest absolute Gasteiger partial charge is 0.385 e. The normalized spacial score (nSPS) is 15.8. The van der Waals surface area contributed by atoms with Crippen LogP contribution in [0, 0.1) is 0 Å². The summed E-state index contributed by atoms with van der Waals surface area (Å²) in [5.41, 5.74) is 6.62. The zero-order valence-electron chi connectivity index (χ0n) is 8.01. The van der Waals surface area contributed by atoms with Crippen molar-refractivity contribution < 1.29 is 5.11 Å². The second-order valence-electron chi connectivity index (χ2n) is 3.31. The molecule has 2 atom stereocenters. The molecule has 72 valence electrons. The first-order chi connectivity index (χ1) is 6.13. The van der Waals surface area contributed by atoms with Gasteiger partial charge in [0.25, 0.3) is 0 Å². The number of aliphatic hydroxyl groups excluding tert-OH is 1. The van der Waals surface area contributed by atoms with E-state index in [2.05, 4.69) is 0 Å². The van der Waals surface area contributed by atoms with Crippen molar-refractivity contribution in [3.8, 4) is 0 Å². The van der Waals surface area contributed by atoms with Gasteiger partial charge < -0.3 is 10.8 Å². The van der Waals surface area contributed by atoms with Crippen LogP contribution in [0.1, 0.15) is 11.7 Å². The molecule has 0 radical (unpaired) electrons. The summed E-state index contributed by atoms with van der Waals surface area (Å²) in [5, 5.41) is 9.79. The summed E-state index contributed by atoms with van der Waals surface area (Å²) in [4.78, 5) is 1.79. The Kier molecular flexibility index (Phi) is 3.42. The number of nitrogens with two attached hydrogens (primary N) is 1. The highest BCUT2D eigenvalue weighted by atomic mass is 16.3. The molecule has 0 heterocycles. The van der Waals surface area contributed by atoms with Crippen LogP contribution < -0.4 is 5.73 Å². The lowest BCUT2D eigenvalue weighted by Gasteiger charge is -2.25. The van der Waals surface area contributed by atoms with Crippen molar-refractivity contribution in [1.82, 2.24) is 4.90 Å². The quantitative estimate of drug-likeness (QED) is 0.668. The van der Waals surface area contributed by atoms with E-state index < -0.39 is 6.10 Å². The Morgan fingerprint density at radius 2 is 1.77 bits per heavy atom. The number of aliphatic hydroxyl groups is 1. The van der Waals surface area contributed by atoms with Crippen LogP contribution in [0.15, 0.2) is 30.3 Å². The summed E-state index contributed by atoms with van der Waals surface area (Å²) in [6.07, 6.45) is -0.987. The highest BCUT2D eigenvalue weighted by Gasteiger charge is 2.17. The fourth-order valence-electron chi connectivity index (χ4n) is 1.13. The average molecular weight is 180 g/mol. The molecule has 0 fully saturated rings. The van der Waals surface area contributed by atoms with Crippen molar-refractivity contribution in [3.63, 3.8) is 0 Å². The van der Waals surface area contributed by atoms with Crippen molar-refractivity contribution in [2.75, 3.05) is 14.1 Å². The lowest BCUT2D eigenvalue weighted by Crippen LogP contribution is -2.41. The maximum Gasteiger partial charge on any atom is 0.107 e. The van der Waals surface area contributed by atoms with Crippen molar-refractivity contribution in [1.29, 1.82) is 0 Å². The third-order valence-electron chi connectivity index (χ3n) is 2.06. The van der Waals surface area contributed by atoms with Crippen LogP contribution >= 0.6 is 0 Å². The number of benzene rings is 1. The lowest BCUT2D eigenvalue weighted by molar-refractivity contribution is 0.0792. The molecule has 3 heteroatoms. The van der Waals surface area contributed by atoms with Gasteiger partial charge in [-0.3, -0.25) is 4.90 Å². The van der Waals surface area contributed by atoms with Crippen molar-refractivity contribution in [2.45, 2.75) is 12.3 Å². The first-order valence-corrected chi connectivity index (χ1v) is 4.28. The molecule has 0 amide bonds. The number of nitrogens with zero attached hydrogens (tertiary/aromatic N) is 1. The van der Waals surface area contributed by atoms with Gasteiger partial charge in [0.2, 0.25) is 0 Å². The van der Waals surface area contributed by atoms with Crippen molar-refractivity contribution >= 4 is 0 Å². The van der Waals surface area contributed by atoms with Crippen LogP contribution in [0.2, 0.25) is 0 Å². The van der Waals surface area contributed by atoms with Gasteiger partial charge in [-0.2, -0.15) is 0 Å². The molecule has 3 N–H and O–H groups in total. The fourth-order valence-corrected chi connectivity index (χ4v) is 1.13. The zero-order valence-corrected chi connectivity index (χ0v) is 8.01. The molecule has 0 bridgehead atoms. The van der Waals surface area contributed by atoms with Gasteiger partial charge in [-0.15, -0.1) is 0 Å². The first-order valence-electron chi connectivity index (χ1n) is 4.28. The molecular formula is C10H16N2O. The Balaban J connectivity index is 2.73. The summed E-state index contributed by atoms with van der Waals surface area (Å²) >= 11 is 0. The van der Waals surface area contributed by atoms with Gasteiger partial charge in [-0.1, -0.05) is 30.3 Å². The fraction of sp³-hybridized carbons (Fsp3) is 0.400. The molecule has 0 spiro atoms. The van der Waals surface area contributed by atoms with E-state index in [0.29, 0.717) is 0 Å². The van der Waals surface area contributed by atoms with Gasteiger partial charge in [0.05, 0.1) is 6.17 Å². The summed E-state index contributed by atoms with van der Waals surface area (Å²) in [5.74, 6) is 0. The van der Waals surface area contributed by atoms with E-state index in [-0.39, 0.29) is 6.17 Å². The third-order valence-corrected chi connectivity index (χ3v) is 2.06. The van der Waals surface area contributed by atoms with E-state index >= 15 is 0 Å². The standard InChI is InChI=1S/C10H16N2O/c1-12(2)10(11)9(13)8-6-4-3-5-7-8/h3-7,9-10,13H,11H2,1-2H3. The molecule has 1 aromatic carbocycles. The van der Waals surface area contributed by atoms with E-state index in [9.17, 15) is 5.11 Å². The van der Waals surface area contributed by atoms with E-state index in [1.165, 1.54) is 0 Å². The van der Waals surface area contributed by atoms with Gasteiger partial charge in [0.15, 0.2) is 0 Å². The summed E-state index contributed by atoms with van der Waals surface area (Å²) in [6, 6.07) is 9.43. The van der Waals surface area contributed by atoms with Crippen LogP contribution in [-0.2, 0) is 0 Å². The molecular weight excluding hydrogens is 164 g/mol. The van der Waals surface area contributed by atoms with E-state index in [1.54, 1.807) is 4.90 Å². The maximum atomic E-state index is 9.79. The Labute approximate surface area is 78.8 Å². The van der Waals surface area contributed by atoms with E-state index in [4.69, 9.17) is 5.73 Å². The SMILES string of the molecule is CN(C)C(N)C(O)c1ccccc1. The minimum atomic E-state index is -0.629. The highest BCUT2D eigenvalue weighted by molar-refractivity contribution is 5.18. The molecule has 0 saturated carbocycles. The minimum absolute atomic E-state index is 0.359. The molecule has 2 unspecified atom stereocenters. The first kappa shape index (κ1) is 10.2. The van der Waals surface area contributed by atoms with Crippen LogP contribution in [-0.4, -0.2) is 30.3 Å². The average Bonchev–Trinajstić information content (AvgIpc) is 2.17. The molecule has 0 aromatic heterocycles. The Morgan fingerprint density at radius 1 is 1.23 bits per heavy atom. The number of likely N-dealkylation sites (N-methyl/N-ethyl adjacent to an activating group) is 1. The maximum absolute atomic E-state index is 9.79. The number of rotatable bonds is 3. The predicted molar refractivity (Wildman–Crippen MR) is 53.1 cm³/mol. The molecule has 1 rings (SSSR count). The minimum Gasteiger partial charge on any atom is -0.385 e. The second kappa shape index (κ2) is 4.37. The molecule has 0 aliphatic carbocycles. The van der Waals surface area contributed by atoms with Gasteiger partial charge >= 0.3 is 0 Å².